The standard InChI is InChI=1S/C16H13ClF3NO2S/c1-8(7-22)24-14-4-9(2-3-11(14)17)16(23)21-10-5-12(18)15(20)13(19)6-10/h2-6,8,22H,7H2,1H3,(H,21,23). The molecule has 1 atom stereocenters. The number of rotatable bonds is 5. The number of nitrogens with one attached hydrogen (secondary N) is 1. The first-order valence-corrected chi connectivity index (χ1v) is 8.10. The van der Waals surface area contributed by atoms with E-state index in [0.29, 0.717) is 22.1 Å². The summed E-state index contributed by atoms with van der Waals surface area (Å²) in [6.45, 7) is 1.73. The molecule has 0 saturated heterocycles. The maximum atomic E-state index is 13.2. The van der Waals surface area contributed by atoms with E-state index < -0.39 is 23.4 Å². The Morgan fingerprint density at radius 3 is 2.46 bits per heavy atom. The molecule has 1 unspecified atom stereocenters. The Balaban J connectivity index is 2.22. The van der Waals surface area contributed by atoms with E-state index in [2.05, 4.69) is 5.32 Å². The van der Waals surface area contributed by atoms with Gasteiger partial charge in [-0.2, -0.15) is 0 Å². The molecule has 0 aliphatic carbocycles. The second-order valence-corrected chi connectivity index (χ2v) is 6.85. The smallest absolute Gasteiger partial charge is 0.255 e. The van der Waals surface area contributed by atoms with Gasteiger partial charge in [0.05, 0.1) is 11.6 Å². The van der Waals surface area contributed by atoms with Crippen LogP contribution in [-0.2, 0) is 0 Å². The molecule has 0 radical (unpaired) electrons. The van der Waals surface area contributed by atoms with Crippen LogP contribution in [0.15, 0.2) is 35.2 Å². The molecule has 0 spiro atoms. The average molecular weight is 376 g/mol. The highest BCUT2D eigenvalue weighted by Gasteiger charge is 2.15. The van der Waals surface area contributed by atoms with Crippen molar-refractivity contribution >= 4 is 35.0 Å². The lowest BCUT2D eigenvalue weighted by Gasteiger charge is -2.11. The van der Waals surface area contributed by atoms with Gasteiger partial charge < -0.3 is 10.4 Å². The lowest BCUT2D eigenvalue weighted by Crippen LogP contribution is -2.13. The van der Waals surface area contributed by atoms with Crippen LogP contribution >= 0.6 is 23.4 Å². The van der Waals surface area contributed by atoms with Crippen molar-refractivity contribution in [2.24, 2.45) is 0 Å². The molecule has 128 valence electrons. The minimum absolute atomic E-state index is 0.0639. The highest BCUT2D eigenvalue weighted by atomic mass is 35.5. The lowest BCUT2D eigenvalue weighted by molar-refractivity contribution is 0.102. The number of carbonyl (C=O) groups is 1. The van der Waals surface area contributed by atoms with Crippen LogP contribution in [0.5, 0.6) is 0 Å². The molecular formula is C16H13ClF3NO2S. The normalized spacial score (nSPS) is 12.1. The molecular weight excluding hydrogens is 363 g/mol. The number of amides is 1. The maximum absolute atomic E-state index is 13.2. The number of aliphatic hydroxyl groups excluding tert-OH is 1. The number of anilines is 1. The number of aliphatic hydroxyl groups is 1. The van der Waals surface area contributed by atoms with Gasteiger partial charge in [-0.15, -0.1) is 11.8 Å². The summed E-state index contributed by atoms with van der Waals surface area (Å²) >= 11 is 7.33. The largest absolute Gasteiger partial charge is 0.395 e. The van der Waals surface area contributed by atoms with E-state index in [0.717, 1.165) is 0 Å². The number of benzene rings is 2. The van der Waals surface area contributed by atoms with Crippen molar-refractivity contribution in [3.05, 3.63) is 58.4 Å². The summed E-state index contributed by atoms with van der Waals surface area (Å²) in [6, 6.07) is 5.84. The van der Waals surface area contributed by atoms with Gasteiger partial charge in [0.2, 0.25) is 0 Å². The van der Waals surface area contributed by atoms with Crippen LogP contribution in [0.25, 0.3) is 0 Å². The zero-order valence-electron chi connectivity index (χ0n) is 12.4. The van der Waals surface area contributed by atoms with Crippen molar-refractivity contribution in [2.45, 2.75) is 17.1 Å². The van der Waals surface area contributed by atoms with Gasteiger partial charge >= 0.3 is 0 Å². The van der Waals surface area contributed by atoms with E-state index in [-0.39, 0.29) is 23.1 Å². The van der Waals surface area contributed by atoms with Gasteiger partial charge in [0.1, 0.15) is 0 Å². The van der Waals surface area contributed by atoms with Gasteiger partial charge in [-0.1, -0.05) is 18.5 Å². The number of thioether (sulfide) groups is 1. The van der Waals surface area contributed by atoms with Crippen molar-refractivity contribution in [1.29, 1.82) is 0 Å². The number of hydrogen-bond donors (Lipinski definition) is 2. The summed E-state index contributed by atoms with van der Waals surface area (Å²) in [5.74, 6) is -5.02. The molecule has 0 heterocycles. The summed E-state index contributed by atoms with van der Waals surface area (Å²) in [4.78, 5) is 12.8. The summed E-state index contributed by atoms with van der Waals surface area (Å²) in [6.07, 6.45) is 0. The predicted octanol–water partition coefficient (Wildman–Crippen LogP) is 4.48. The van der Waals surface area contributed by atoms with E-state index in [9.17, 15) is 18.0 Å². The Labute approximate surface area is 145 Å². The van der Waals surface area contributed by atoms with Gasteiger partial charge in [0.15, 0.2) is 17.5 Å². The predicted molar refractivity (Wildman–Crippen MR) is 88.1 cm³/mol. The second kappa shape index (κ2) is 7.92. The van der Waals surface area contributed by atoms with Crippen molar-refractivity contribution in [3.8, 4) is 0 Å². The first-order chi connectivity index (χ1) is 11.3. The van der Waals surface area contributed by atoms with Crippen LogP contribution in [0.1, 0.15) is 17.3 Å². The monoisotopic (exact) mass is 375 g/mol. The topological polar surface area (TPSA) is 49.3 Å². The molecule has 2 N–H and O–H groups in total. The molecule has 24 heavy (non-hydrogen) atoms. The van der Waals surface area contributed by atoms with Crippen LogP contribution in [-0.4, -0.2) is 22.9 Å². The van der Waals surface area contributed by atoms with E-state index in [4.69, 9.17) is 16.7 Å². The van der Waals surface area contributed by atoms with Crippen LogP contribution in [0, 0.1) is 17.5 Å². The fourth-order valence-corrected chi connectivity index (χ4v) is 2.95. The quantitative estimate of drug-likeness (QED) is 0.598. The highest BCUT2D eigenvalue weighted by molar-refractivity contribution is 8.00. The van der Waals surface area contributed by atoms with Gasteiger partial charge in [-0.25, -0.2) is 13.2 Å². The molecule has 2 aromatic carbocycles. The molecule has 2 aromatic rings. The Bertz CT molecular complexity index is 750. The van der Waals surface area contributed by atoms with Crippen LogP contribution in [0.2, 0.25) is 5.02 Å². The highest BCUT2D eigenvalue weighted by Crippen LogP contribution is 2.31. The lowest BCUT2D eigenvalue weighted by atomic mass is 10.2. The molecule has 2 rings (SSSR count). The van der Waals surface area contributed by atoms with E-state index >= 15 is 0 Å². The molecule has 0 aromatic heterocycles. The first kappa shape index (κ1) is 18.6. The third-order valence-corrected chi connectivity index (χ3v) is 4.61. The first-order valence-electron chi connectivity index (χ1n) is 6.84. The average Bonchev–Trinajstić information content (AvgIpc) is 2.54. The minimum Gasteiger partial charge on any atom is -0.395 e. The number of hydrogen-bond acceptors (Lipinski definition) is 3. The van der Waals surface area contributed by atoms with E-state index in [1.54, 1.807) is 6.92 Å². The fourth-order valence-electron chi connectivity index (χ4n) is 1.82. The van der Waals surface area contributed by atoms with Crippen LogP contribution in [0.3, 0.4) is 0 Å². The van der Waals surface area contributed by atoms with E-state index in [1.807, 2.05) is 0 Å². The second-order valence-electron chi connectivity index (χ2n) is 4.96. The molecule has 8 heteroatoms. The molecule has 1 amide bonds. The number of carbonyl (C=O) groups excluding carboxylic acids is 1. The molecule has 3 nitrogen and oxygen atoms in total. The van der Waals surface area contributed by atoms with Gasteiger partial charge in [0.25, 0.3) is 5.91 Å². The van der Waals surface area contributed by atoms with Crippen molar-refractivity contribution in [1.82, 2.24) is 0 Å². The molecule has 0 aliphatic heterocycles. The maximum Gasteiger partial charge on any atom is 0.255 e. The van der Waals surface area contributed by atoms with E-state index in [1.165, 1.54) is 30.0 Å². The Morgan fingerprint density at radius 1 is 1.25 bits per heavy atom. The summed E-state index contributed by atoms with van der Waals surface area (Å²) in [7, 11) is 0. The summed E-state index contributed by atoms with van der Waals surface area (Å²) in [5, 5.41) is 11.7. The Morgan fingerprint density at radius 2 is 1.88 bits per heavy atom. The van der Waals surface area contributed by atoms with Gasteiger partial charge in [-0.05, 0) is 18.2 Å². The minimum atomic E-state index is -1.60. The van der Waals surface area contributed by atoms with Gasteiger partial charge in [-0.3, -0.25) is 4.79 Å². The van der Waals surface area contributed by atoms with Crippen LogP contribution < -0.4 is 5.32 Å². The van der Waals surface area contributed by atoms with Gasteiger partial charge in [0, 0.05) is 33.5 Å². The third kappa shape index (κ3) is 4.43. The molecule has 0 aliphatic rings. The Hall–Kier alpha value is -1.70. The Kier molecular flexibility index (Phi) is 6.15. The summed E-state index contributed by atoms with van der Waals surface area (Å²) in [5.41, 5.74) is 0.00135. The molecule has 0 fully saturated rings. The fraction of sp³-hybridized carbons (Fsp3) is 0.188. The molecule has 0 bridgehead atoms. The zero-order valence-corrected chi connectivity index (χ0v) is 14.0. The van der Waals surface area contributed by atoms with Crippen LogP contribution in [0.4, 0.5) is 18.9 Å². The third-order valence-electron chi connectivity index (χ3n) is 3.02. The molecule has 0 saturated carbocycles. The van der Waals surface area contributed by atoms with Crippen molar-refractivity contribution in [3.63, 3.8) is 0 Å². The number of halogens is 4. The van der Waals surface area contributed by atoms with Crippen molar-refractivity contribution in [2.75, 3.05) is 11.9 Å². The SMILES string of the molecule is CC(CO)Sc1cc(C(=O)Nc2cc(F)c(F)c(F)c2)ccc1Cl. The van der Waals surface area contributed by atoms with Crippen molar-refractivity contribution < 1.29 is 23.1 Å². The summed E-state index contributed by atoms with van der Waals surface area (Å²) < 4.78 is 39.3. The zero-order chi connectivity index (χ0) is 17.9.